The van der Waals surface area contributed by atoms with E-state index in [1.54, 1.807) is 6.92 Å². The SMILES string of the molecule is CC(Cl)c1noc(-c2c(F)cc(Br)cc2F)n1. The Hall–Kier alpha value is -1.01. The third kappa shape index (κ3) is 2.47. The molecule has 1 aromatic heterocycles. The van der Waals surface area contributed by atoms with Crippen LogP contribution in [0.2, 0.25) is 0 Å². The molecule has 0 saturated carbocycles. The zero-order valence-electron chi connectivity index (χ0n) is 8.55. The summed E-state index contributed by atoms with van der Waals surface area (Å²) < 4.78 is 32.2. The van der Waals surface area contributed by atoms with Crippen LogP contribution in [-0.4, -0.2) is 10.1 Å². The molecule has 0 amide bonds. The Kier molecular flexibility index (Phi) is 3.44. The number of aromatic nitrogens is 2. The number of hydrogen-bond acceptors (Lipinski definition) is 3. The molecule has 0 spiro atoms. The molecule has 2 aromatic rings. The molecular formula is C10H6BrClF2N2O. The van der Waals surface area contributed by atoms with E-state index in [-0.39, 0.29) is 17.3 Å². The topological polar surface area (TPSA) is 38.9 Å². The molecule has 1 aromatic carbocycles. The van der Waals surface area contributed by atoms with Gasteiger partial charge >= 0.3 is 0 Å². The number of alkyl halides is 1. The van der Waals surface area contributed by atoms with E-state index in [1.807, 2.05) is 0 Å². The Morgan fingerprint density at radius 2 is 1.94 bits per heavy atom. The molecule has 1 heterocycles. The van der Waals surface area contributed by atoms with Gasteiger partial charge in [0.05, 0.1) is 5.38 Å². The van der Waals surface area contributed by atoms with E-state index in [1.165, 1.54) is 0 Å². The fourth-order valence-corrected chi connectivity index (χ4v) is 1.74. The smallest absolute Gasteiger partial charge is 0.263 e. The summed E-state index contributed by atoms with van der Waals surface area (Å²) in [5.41, 5.74) is -0.357. The van der Waals surface area contributed by atoms with Crippen molar-refractivity contribution in [2.45, 2.75) is 12.3 Å². The van der Waals surface area contributed by atoms with Gasteiger partial charge in [0, 0.05) is 4.47 Å². The molecule has 0 saturated heterocycles. The summed E-state index contributed by atoms with van der Waals surface area (Å²) in [5, 5.41) is 3.04. The summed E-state index contributed by atoms with van der Waals surface area (Å²) in [6.07, 6.45) is 0. The Bertz CT molecular complexity index is 536. The van der Waals surface area contributed by atoms with Crippen LogP contribution in [0.3, 0.4) is 0 Å². The number of nitrogens with zero attached hydrogens (tertiary/aromatic N) is 2. The fourth-order valence-electron chi connectivity index (χ4n) is 1.24. The first kappa shape index (κ1) is 12.4. The van der Waals surface area contributed by atoms with Crippen LogP contribution in [0.4, 0.5) is 8.78 Å². The van der Waals surface area contributed by atoms with Gasteiger partial charge in [0.25, 0.3) is 5.89 Å². The molecule has 2 rings (SSSR count). The van der Waals surface area contributed by atoms with Crippen molar-refractivity contribution in [3.05, 3.63) is 34.1 Å². The standard InChI is InChI=1S/C10H6BrClF2N2O/c1-4(12)9-15-10(17-16-9)8-6(13)2-5(11)3-7(8)14/h2-4H,1H3. The van der Waals surface area contributed by atoms with Gasteiger partial charge < -0.3 is 4.52 Å². The van der Waals surface area contributed by atoms with Crippen molar-refractivity contribution in [1.29, 1.82) is 0 Å². The van der Waals surface area contributed by atoms with E-state index in [0.717, 1.165) is 12.1 Å². The van der Waals surface area contributed by atoms with Gasteiger partial charge in [-0.3, -0.25) is 0 Å². The molecule has 7 heteroatoms. The van der Waals surface area contributed by atoms with Gasteiger partial charge in [0.2, 0.25) is 0 Å². The maximum atomic E-state index is 13.6. The van der Waals surface area contributed by atoms with Crippen molar-refractivity contribution < 1.29 is 13.3 Å². The van der Waals surface area contributed by atoms with Crippen LogP contribution in [0.5, 0.6) is 0 Å². The molecule has 0 bridgehead atoms. The maximum Gasteiger partial charge on any atom is 0.263 e. The van der Waals surface area contributed by atoms with Gasteiger partial charge in [0.1, 0.15) is 17.2 Å². The number of hydrogen-bond donors (Lipinski definition) is 0. The van der Waals surface area contributed by atoms with Crippen LogP contribution in [0.1, 0.15) is 18.1 Å². The second kappa shape index (κ2) is 4.70. The predicted molar refractivity (Wildman–Crippen MR) is 61.6 cm³/mol. The molecule has 0 aliphatic carbocycles. The van der Waals surface area contributed by atoms with Crippen LogP contribution in [0.25, 0.3) is 11.5 Å². The van der Waals surface area contributed by atoms with Crippen LogP contribution in [-0.2, 0) is 0 Å². The number of benzene rings is 1. The minimum absolute atomic E-state index is 0.184. The average molecular weight is 324 g/mol. The number of halogens is 4. The molecule has 0 aliphatic heterocycles. The Morgan fingerprint density at radius 1 is 1.35 bits per heavy atom. The summed E-state index contributed by atoms with van der Waals surface area (Å²) >= 11 is 8.71. The van der Waals surface area contributed by atoms with Gasteiger partial charge in [0.15, 0.2) is 5.82 Å². The zero-order valence-corrected chi connectivity index (χ0v) is 10.9. The highest BCUT2D eigenvalue weighted by Crippen LogP contribution is 2.29. The van der Waals surface area contributed by atoms with Crippen molar-refractivity contribution in [2.75, 3.05) is 0 Å². The first-order valence-electron chi connectivity index (χ1n) is 4.61. The molecule has 1 atom stereocenters. The summed E-state index contributed by atoms with van der Waals surface area (Å²) in [6, 6.07) is 2.23. The third-order valence-corrected chi connectivity index (χ3v) is 2.67. The molecule has 0 radical (unpaired) electrons. The molecular weight excluding hydrogens is 317 g/mol. The van der Waals surface area contributed by atoms with Crippen LogP contribution < -0.4 is 0 Å². The van der Waals surface area contributed by atoms with Gasteiger partial charge in [-0.15, -0.1) is 11.6 Å². The average Bonchev–Trinajstić information content (AvgIpc) is 2.65. The Labute approximate surface area is 109 Å². The summed E-state index contributed by atoms with van der Waals surface area (Å²) in [7, 11) is 0. The first-order valence-corrected chi connectivity index (χ1v) is 5.84. The molecule has 0 fully saturated rings. The highest BCUT2D eigenvalue weighted by Gasteiger charge is 2.20. The van der Waals surface area contributed by atoms with Crippen LogP contribution in [0.15, 0.2) is 21.1 Å². The summed E-state index contributed by atoms with van der Waals surface area (Å²) in [4.78, 5) is 3.83. The monoisotopic (exact) mass is 322 g/mol. The molecule has 0 aliphatic rings. The second-order valence-corrected chi connectivity index (χ2v) is 4.89. The van der Waals surface area contributed by atoms with E-state index < -0.39 is 17.0 Å². The van der Waals surface area contributed by atoms with Gasteiger partial charge in [-0.1, -0.05) is 21.1 Å². The van der Waals surface area contributed by atoms with Gasteiger partial charge in [-0.2, -0.15) is 4.98 Å². The maximum absolute atomic E-state index is 13.6. The van der Waals surface area contributed by atoms with Crippen molar-refractivity contribution >= 4 is 27.5 Å². The van der Waals surface area contributed by atoms with E-state index in [2.05, 4.69) is 26.1 Å². The lowest BCUT2D eigenvalue weighted by atomic mass is 10.2. The minimum Gasteiger partial charge on any atom is -0.334 e. The summed E-state index contributed by atoms with van der Waals surface area (Å²) in [6.45, 7) is 1.63. The normalized spacial score (nSPS) is 12.8. The van der Waals surface area contributed by atoms with E-state index in [4.69, 9.17) is 16.1 Å². The predicted octanol–water partition coefficient (Wildman–Crippen LogP) is 4.08. The quantitative estimate of drug-likeness (QED) is 0.782. The van der Waals surface area contributed by atoms with Crippen molar-refractivity contribution in [1.82, 2.24) is 10.1 Å². The van der Waals surface area contributed by atoms with Crippen LogP contribution in [0, 0.1) is 11.6 Å². The molecule has 1 unspecified atom stereocenters. The largest absolute Gasteiger partial charge is 0.334 e. The van der Waals surface area contributed by atoms with Crippen molar-refractivity contribution in [3.63, 3.8) is 0 Å². The highest BCUT2D eigenvalue weighted by molar-refractivity contribution is 9.10. The van der Waals surface area contributed by atoms with Crippen molar-refractivity contribution in [2.24, 2.45) is 0 Å². The lowest BCUT2D eigenvalue weighted by molar-refractivity contribution is 0.417. The second-order valence-electron chi connectivity index (χ2n) is 3.32. The molecule has 3 nitrogen and oxygen atoms in total. The van der Waals surface area contributed by atoms with E-state index in [0.29, 0.717) is 4.47 Å². The molecule has 0 N–H and O–H groups in total. The Morgan fingerprint density at radius 3 is 2.41 bits per heavy atom. The van der Waals surface area contributed by atoms with E-state index in [9.17, 15) is 8.78 Å². The van der Waals surface area contributed by atoms with Gasteiger partial charge in [-0.05, 0) is 19.1 Å². The lowest BCUT2D eigenvalue weighted by Gasteiger charge is -2.00. The van der Waals surface area contributed by atoms with Crippen molar-refractivity contribution in [3.8, 4) is 11.5 Å². The molecule has 17 heavy (non-hydrogen) atoms. The van der Waals surface area contributed by atoms with Crippen LogP contribution >= 0.6 is 27.5 Å². The zero-order chi connectivity index (χ0) is 12.6. The molecule has 90 valence electrons. The lowest BCUT2D eigenvalue weighted by Crippen LogP contribution is -1.92. The third-order valence-electron chi connectivity index (χ3n) is 2.02. The van der Waals surface area contributed by atoms with E-state index >= 15 is 0 Å². The Balaban J connectivity index is 2.52. The highest BCUT2D eigenvalue weighted by atomic mass is 79.9. The first-order chi connectivity index (χ1) is 7.99. The number of rotatable bonds is 2. The minimum atomic E-state index is -0.783. The van der Waals surface area contributed by atoms with Gasteiger partial charge in [-0.25, -0.2) is 8.78 Å². The summed E-state index contributed by atoms with van der Waals surface area (Å²) in [5.74, 6) is -1.61. The fraction of sp³-hybridized carbons (Fsp3) is 0.200.